The molecule has 0 spiro atoms. The molecule has 3 nitrogen and oxygen atoms in total. The molecular weight excluding hydrogens is 152 g/mol. The molecule has 0 radical (unpaired) electrons. The van der Waals surface area contributed by atoms with Gasteiger partial charge in [0, 0.05) is 12.6 Å². The summed E-state index contributed by atoms with van der Waals surface area (Å²) in [6.07, 6.45) is 0. The second kappa shape index (κ2) is 3.26. The topological polar surface area (TPSA) is 55.1 Å². The van der Waals surface area contributed by atoms with E-state index >= 15 is 0 Å². The molecule has 64 valence electrons. The molecule has 1 aromatic carbocycles. The van der Waals surface area contributed by atoms with Gasteiger partial charge in [-0.1, -0.05) is 0 Å². The molecule has 0 unspecified atom stereocenters. The number of anilines is 2. The van der Waals surface area contributed by atoms with Crippen molar-refractivity contribution in [3.05, 3.63) is 23.8 Å². The largest absolute Gasteiger partial charge is 0.397 e. The molecule has 0 saturated carbocycles. The number of nitrogens with one attached hydrogen (secondary N) is 1. The van der Waals surface area contributed by atoms with Crippen LogP contribution in [0.3, 0.4) is 0 Å². The van der Waals surface area contributed by atoms with Crippen LogP contribution in [0.15, 0.2) is 18.2 Å². The molecule has 0 aromatic heterocycles. The molecular formula is C9H12N2O. The predicted octanol–water partition coefficient (Wildman–Crippen LogP) is 1.51. The van der Waals surface area contributed by atoms with E-state index in [9.17, 15) is 4.79 Å². The number of Topliss-reactive ketones (excluding diaryl/α,β-unsaturated/α-hetero) is 1. The minimum atomic E-state index is 0.0318. The van der Waals surface area contributed by atoms with Crippen molar-refractivity contribution in [1.29, 1.82) is 0 Å². The van der Waals surface area contributed by atoms with Crippen molar-refractivity contribution in [1.82, 2.24) is 0 Å². The Balaban J connectivity index is 3.10. The zero-order valence-electron chi connectivity index (χ0n) is 7.22. The number of ketones is 1. The van der Waals surface area contributed by atoms with Crippen molar-refractivity contribution in [3.8, 4) is 0 Å². The molecule has 0 amide bonds. The third-order valence-electron chi connectivity index (χ3n) is 1.73. The number of hydrogen-bond acceptors (Lipinski definition) is 3. The zero-order chi connectivity index (χ0) is 9.14. The van der Waals surface area contributed by atoms with Crippen LogP contribution in [-0.2, 0) is 0 Å². The summed E-state index contributed by atoms with van der Waals surface area (Å²) >= 11 is 0. The van der Waals surface area contributed by atoms with E-state index < -0.39 is 0 Å². The van der Waals surface area contributed by atoms with Crippen molar-refractivity contribution in [2.24, 2.45) is 0 Å². The van der Waals surface area contributed by atoms with Crippen LogP contribution in [0.25, 0.3) is 0 Å². The van der Waals surface area contributed by atoms with Crippen LogP contribution in [0.5, 0.6) is 0 Å². The SMILES string of the molecule is CNc1ccc(C(C)=O)cc1N. The van der Waals surface area contributed by atoms with Crippen LogP contribution in [0.2, 0.25) is 0 Å². The number of benzene rings is 1. The van der Waals surface area contributed by atoms with Gasteiger partial charge in [0.25, 0.3) is 0 Å². The van der Waals surface area contributed by atoms with Crippen molar-refractivity contribution in [2.75, 3.05) is 18.1 Å². The lowest BCUT2D eigenvalue weighted by Crippen LogP contribution is -1.99. The highest BCUT2D eigenvalue weighted by atomic mass is 16.1. The maximum Gasteiger partial charge on any atom is 0.159 e. The average Bonchev–Trinajstić information content (AvgIpc) is 2.04. The highest BCUT2D eigenvalue weighted by Crippen LogP contribution is 2.18. The van der Waals surface area contributed by atoms with Crippen molar-refractivity contribution < 1.29 is 4.79 Å². The lowest BCUT2D eigenvalue weighted by Gasteiger charge is -2.05. The summed E-state index contributed by atoms with van der Waals surface area (Å²) in [5.74, 6) is 0.0318. The Kier molecular flexibility index (Phi) is 2.33. The third kappa shape index (κ3) is 1.56. The van der Waals surface area contributed by atoms with Gasteiger partial charge in [0.2, 0.25) is 0 Å². The third-order valence-corrected chi connectivity index (χ3v) is 1.73. The summed E-state index contributed by atoms with van der Waals surface area (Å²) in [6, 6.07) is 5.23. The first-order valence-electron chi connectivity index (χ1n) is 3.73. The van der Waals surface area contributed by atoms with E-state index in [1.165, 1.54) is 6.92 Å². The molecule has 1 rings (SSSR count). The Morgan fingerprint density at radius 2 is 2.17 bits per heavy atom. The Hall–Kier alpha value is -1.51. The van der Waals surface area contributed by atoms with Crippen LogP contribution >= 0.6 is 0 Å². The van der Waals surface area contributed by atoms with Crippen molar-refractivity contribution in [2.45, 2.75) is 6.92 Å². The van der Waals surface area contributed by atoms with E-state index in [2.05, 4.69) is 5.32 Å². The maximum atomic E-state index is 10.9. The minimum absolute atomic E-state index is 0.0318. The van der Waals surface area contributed by atoms with Gasteiger partial charge >= 0.3 is 0 Å². The molecule has 0 aliphatic rings. The smallest absolute Gasteiger partial charge is 0.159 e. The van der Waals surface area contributed by atoms with Gasteiger partial charge in [-0.05, 0) is 25.1 Å². The van der Waals surface area contributed by atoms with Gasteiger partial charge in [0.1, 0.15) is 0 Å². The van der Waals surface area contributed by atoms with E-state index in [1.54, 1.807) is 25.2 Å². The quantitative estimate of drug-likeness (QED) is 0.514. The van der Waals surface area contributed by atoms with Gasteiger partial charge in [0.15, 0.2) is 5.78 Å². The Morgan fingerprint density at radius 3 is 2.58 bits per heavy atom. The summed E-state index contributed by atoms with van der Waals surface area (Å²) in [6.45, 7) is 1.52. The highest BCUT2D eigenvalue weighted by Gasteiger charge is 2.01. The minimum Gasteiger partial charge on any atom is -0.397 e. The standard InChI is InChI=1S/C9H12N2O/c1-6(12)7-3-4-9(11-2)8(10)5-7/h3-5,11H,10H2,1-2H3. The first-order valence-corrected chi connectivity index (χ1v) is 3.73. The first-order chi connectivity index (χ1) is 5.65. The number of nitrogen functional groups attached to an aromatic ring is 1. The molecule has 0 atom stereocenters. The lowest BCUT2D eigenvalue weighted by molar-refractivity contribution is 0.101. The summed E-state index contributed by atoms with van der Waals surface area (Å²) in [5, 5.41) is 2.93. The molecule has 3 N–H and O–H groups in total. The molecule has 12 heavy (non-hydrogen) atoms. The van der Waals surface area contributed by atoms with Crippen LogP contribution in [0.4, 0.5) is 11.4 Å². The maximum absolute atomic E-state index is 10.9. The summed E-state index contributed by atoms with van der Waals surface area (Å²) in [7, 11) is 1.79. The van der Waals surface area contributed by atoms with Crippen molar-refractivity contribution >= 4 is 17.2 Å². The number of hydrogen-bond donors (Lipinski definition) is 2. The molecule has 3 heteroatoms. The number of carbonyl (C=O) groups excluding carboxylic acids is 1. The van der Waals surface area contributed by atoms with Gasteiger partial charge < -0.3 is 11.1 Å². The fraction of sp³-hybridized carbons (Fsp3) is 0.222. The average molecular weight is 164 g/mol. The number of carbonyl (C=O) groups is 1. The molecule has 1 aromatic rings. The van der Waals surface area contributed by atoms with Crippen LogP contribution in [0.1, 0.15) is 17.3 Å². The zero-order valence-corrected chi connectivity index (χ0v) is 7.22. The fourth-order valence-corrected chi connectivity index (χ4v) is 1.01. The summed E-state index contributed by atoms with van der Waals surface area (Å²) < 4.78 is 0. The lowest BCUT2D eigenvalue weighted by atomic mass is 10.1. The van der Waals surface area contributed by atoms with Gasteiger partial charge in [-0.25, -0.2) is 0 Å². The van der Waals surface area contributed by atoms with Gasteiger partial charge in [-0.3, -0.25) is 4.79 Å². The second-order valence-corrected chi connectivity index (χ2v) is 2.61. The van der Waals surface area contributed by atoms with Gasteiger partial charge in [-0.2, -0.15) is 0 Å². The summed E-state index contributed by atoms with van der Waals surface area (Å²) in [4.78, 5) is 10.9. The molecule has 0 heterocycles. The van der Waals surface area contributed by atoms with E-state index in [1.807, 2.05) is 0 Å². The molecule has 0 aliphatic heterocycles. The van der Waals surface area contributed by atoms with E-state index in [4.69, 9.17) is 5.73 Å². The highest BCUT2D eigenvalue weighted by molar-refractivity contribution is 5.95. The monoisotopic (exact) mass is 164 g/mol. The Morgan fingerprint density at radius 1 is 1.50 bits per heavy atom. The number of nitrogens with two attached hydrogens (primary N) is 1. The van der Waals surface area contributed by atoms with Crippen LogP contribution < -0.4 is 11.1 Å². The Labute approximate surface area is 71.6 Å². The normalized spacial score (nSPS) is 9.50. The molecule has 0 fully saturated rings. The van der Waals surface area contributed by atoms with Gasteiger partial charge in [0.05, 0.1) is 11.4 Å². The molecule has 0 aliphatic carbocycles. The van der Waals surface area contributed by atoms with Crippen molar-refractivity contribution in [3.63, 3.8) is 0 Å². The van der Waals surface area contributed by atoms with E-state index in [-0.39, 0.29) is 5.78 Å². The molecule has 0 saturated heterocycles. The van der Waals surface area contributed by atoms with E-state index in [0.717, 1.165) is 5.69 Å². The van der Waals surface area contributed by atoms with E-state index in [0.29, 0.717) is 11.3 Å². The second-order valence-electron chi connectivity index (χ2n) is 2.61. The number of rotatable bonds is 2. The first kappa shape index (κ1) is 8.59. The Bertz CT molecular complexity index is 307. The predicted molar refractivity (Wildman–Crippen MR) is 50.4 cm³/mol. The fourth-order valence-electron chi connectivity index (χ4n) is 1.01. The summed E-state index contributed by atoms with van der Waals surface area (Å²) in [5.41, 5.74) is 7.75. The van der Waals surface area contributed by atoms with Gasteiger partial charge in [-0.15, -0.1) is 0 Å². The van der Waals surface area contributed by atoms with Crippen LogP contribution in [0, 0.1) is 0 Å². The van der Waals surface area contributed by atoms with Crippen LogP contribution in [-0.4, -0.2) is 12.8 Å². The molecule has 0 bridgehead atoms.